The van der Waals surface area contributed by atoms with Crippen molar-refractivity contribution in [2.24, 2.45) is 5.73 Å². The van der Waals surface area contributed by atoms with Crippen molar-refractivity contribution in [3.8, 4) is 11.5 Å². The topological polar surface area (TPSA) is 65.9 Å². The van der Waals surface area contributed by atoms with Gasteiger partial charge < -0.3 is 20.0 Å². The van der Waals surface area contributed by atoms with E-state index in [0.717, 1.165) is 17.5 Å². The first-order valence-corrected chi connectivity index (χ1v) is 8.52. The highest BCUT2D eigenvalue weighted by Gasteiger charge is 2.13. The predicted molar refractivity (Wildman–Crippen MR) is 97.1 cm³/mol. The van der Waals surface area contributed by atoms with Crippen molar-refractivity contribution in [2.75, 3.05) is 6.61 Å². The van der Waals surface area contributed by atoms with Gasteiger partial charge in [0.25, 0.3) is 0 Å². The molecule has 134 valence electrons. The number of nitrogens with two attached hydrogens (primary N) is 1. The highest BCUT2D eigenvalue weighted by Crippen LogP contribution is 2.26. The Labute approximate surface area is 147 Å². The van der Waals surface area contributed by atoms with Crippen molar-refractivity contribution in [1.82, 2.24) is 0 Å². The molecule has 0 bridgehead atoms. The van der Waals surface area contributed by atoms with E-state index in [9.17, 15) is 9.18 Å². The van der Waals surface area contributed by atoms with Gasteiger partial charge in [0.05, 0.1) is 0 Å². The van der Waals surface area contributed by atoms with Gasteiger partial charge in [0.15, 0.2) is 6.61 Å². The van der Waals surface area contributed by atoms with Crippen LogP contribution in [0.25, 0.3) is 0 Å². The number of rotatable bonds is 8. The zero-order valence-corrected chi connectivity index (χ0v) is 14.7. The zero-order valence-electron chi connectivity index (χ0n) is 14.7. The van der Waals surface area contributed by atoms with Gasteiger partial charge in [-0.05, 0) is 60.7 Å². The molecule has 0 aliphatic rings. The van der Waals surface area contributed by atoms with Crippen LogP contribution in [0.5, 0.6) is 11.5 Å². The summed E-state index contributed by atoms with van der Waals surface area (Å²) in [4.78, 5) is 9.62. The molecule has 2 aromatic carbocycles. The van der Waals surface area contributed by atoms with E-state index in [-0.39, 0.29) is 18.3 Å². The molecule has 0 aliphatic heterocycles. The molecule has 0 saturated heterocycles. The fourth-order valence-electron chi connectivity index (χ4n) is 2.65. The smallest absolute Gasteiger partial charge is 0.457 e. The van der Waals surface area contributed by atoms with Crippen molar-refractivity contribution in [3.63, 3.8) is 0 Å². The van der Waals surface area contributed by atoms with Gasteiger partial charge in [0.2, 0.25) is 0 Å². The van der Waals surface area contributed by atoms with Gasteiger partial charge in [-0.15, -0.1) is 0 Å². The third kappa shape index (κ3) is 5.57. The summed E-state index contributed by atoms with van der Waals surface area (Å²) in [5.41, 5.74) is 8.51. The van der Waals surface area contributed by atoms with Crippen molar-refractivity contribution in [3.05, 3.63) is 58.9 Å². The molecule has 4 nitrogen and oxygen atoms in total. The van der Waals surface area contributed by atoms with Gasteiger partial charge in [-0.3, -0.25) is 0 Å². The maximum absolute atomic E-state index is 13.6. The molecule has 2 aromatic rings. The van der Waals surface area contributed by atoms with E-state index in [1.54, 1.807) is 6.07 Å². The van der Waals surface area contributed by atoms with E-state index >= 15 is 0 Å². The van der Waals surface area contributed by atoms with Crippen LogP contribution in [0.4, 0.5) is 4.39 Å². The van der Waals surface area contributed by atoms with Crippen molar-refractivity contribution < 1.29 is 18.7 Å². The summed E-state index contributed by atoms with van der Waals surface area (Å²) in [5, 5.41) is 0. The fraction of sp³-hybridized carbons (Fsp3) is 0.350. The van der Waals surface area contributed by atoms with Gasteiger partial charge in [-0.25, -0.2) is 4.39 Å². The Morgan fingerprint density at radius 2 is 1.88 bits per heavy atom. The minimum absolute atomic E-state index is 0.0546. The van der Waals surface area contributed by atoms with Crippen LogP contribution in [-0.4, -0.2) is 17.4 Å². The average Bonchev–Trinajstić information content (AvgIpc) is 2.60. The maximum Gasteiger partial charge on any atom is 0.482 e. The SMILES string of the molecule is CCOC(=[OH+])CCc1ccc(Oc2cc(F)cc(CN)c2)cc1CC. The Kier molecular flexibility index (Phi) is 6.95. The summed E-state index contributed by atoms with van der Waals surface area (Å²) in [7, 11) is 0. The van der Waals surface area contributed by atoms with Crippen molar-refractivity contribution in [2.45, 2.75) is 39.7 Å². The summed E-state index contributed by atoms with van der Waals surface area (Å²) < 4.78 is 24.5. The molecule has 0 saturated carbocycles. The predicted octanol–water partition coefficient (Wildman–Crippen LogP) is 4.11. The van der Waals surface area contributed by atoms with Gasteiger partial charge in [0, 0.05) is 12.6 Å². The molecular weight excluding hydrogens is 321 g/mol. The molecule has 0 amide bonds. The fourth-order valence-corrected chi connectivity index (χ4v) is 2.65. The second-order valence-electron chi connectivity index (χ2n) is 5.71. The van der Waals surface area contributed by atoms with Crippen LogP contribution in [0.1, 0.15) is 37.0 Å². The van der Waals surface area contributed by atoms with Crippen LogP contribution < -0.4 is 10.5 Å². The first kappa shape index (κ1) is 18.9. The monoisotopic (exact) mass is 346 g/mol. The standard InChI is InChI=1S/C20H24FNO3/c1-3-15-11-18(7-5-16(15)6-8-20(23)24-4-2)25-19-10-14(13-22)9-17(21)12-19/h5,7,9-12H,3-4,6,8,13,22H2,1-2H3/p+1. The lowest BCUT2D eigenvalue weighted by molar-refractivity contribution is 0.281. The number of ether oxygens (including phenoxy) is 2. The Bertz CT molecular complexity index is 731. The first-order chi connectivity index (χ1) is 12.0. The number of halogens is 1. The molecule has 0 radical (unpaired) electrons. The number of esters is 1. The minimum Gasteiger partial charge on any atom is -0.457 e. The van der Waals surface area contributed by atoms with Crippen LogP contribution in [0, 0.1) is 5.82 Å². The Hall–Kier alpha value is -2.40. The number of hydrogen-bond donors (Lipinski definition) is 1. The number of aryl methyl sites for hydroxylation is 2. The Morgan fingerprint density at radius 1 is 1.08 bits per heavy atom. The summed E-state index contributed by atoms with van der Waals surface area (Å²) in [6.07, 6.45) is 1.98. The zero-order chi connectivity index (χ0) is 18.2. The lowest BCUT2D eigenvalue weighted by Crippen LogP contribution is -2.06. The molecule has 0 atom stereocenters. The summed E-state index contributed by atoms with van der Waals surface area (Å²) in [6, 6.07) is 10.2. The molecule has 0 aromatic heterocycles. The molecule has 0 unspecified atom stereocenters. The second kappa shape index (κ2) is 9.18. The van der Waals surface area contributed by atoms with E-state index < -0.39 is 0 Å². The molecule has 0 fully saturated rings. The van der Waals surface area contributed by atoms with E-state index in [2.05, 4.69) is 6.92 Å². The maximum atomic E-state index is 13.6. The lowest BCUT2D eigenvalue weighted by atomic mass is 10.0. The van der Waals surface area contributed by atoms with Crippen LogP contribution in [0.3, 0.4) is 0 Å². The number of hydrogen-bond acceptors (Lipinski definition) is 3. The largest absolute Gasteiger partial charge is 0.482 e. The van der Waals surface area contributed by atoms with Crippen LogP contribution >= 0.6 is 0 Å². The molecular formula is C20H25FNO3+. The first-order valence-electron chi connectivity index (χ1n) is 8.52. The van der Waals surface area contributed by atoms with Crippen molar-refractivity contribution >= 4 is 5.97 Å². The van der Waals surface area contributed by atoms with Crippen LogP contribution in [-0.2, 0) is 24.1 Å². The number of benzene rings is 2. The molecule has 0 spiro atoms. The second-order valence-corrected chi connectivity index (χ2v) is 5.71. The van der Waals surface area contributed by atoms with Gasteiger partial charge in [-0.2, -0.15) is 0 Å². The Balaban J connectivity index is 2.13. The Morgan fingerprint density at radius 3 is 2.56 bits per heavy atom. The van der Waals surface area contributed by atoms with Gasteiger partial charge >= 0.3 is 5.97 Å². The molecule has 3 N–H and O–H groups in total. The highest BCUT2D eigenvalue weighted by molar-refractivity contribution is 5.71. The van der Waals surface area contributed by atoms with Gasteiger partial charge in [-0.1, -0.05) is 13.0 Å². The summed E-state index contributed by atoms with van der Waals surface area (Å²) in [6.45, 7) is 4.61. The molecule has 0 heterocycles. The van der Waals surface area contributed by atoms with E-state index in [4.69, 9.17) is 15.2 Å². The highest BCUT2D eigenvalue weighted by atomic mass is 19.1. The van der Waals surface area contributed by atoms with Gasteiger partial charge in [0.1, 0.15) is 23.7 Å². The van der Waals surface area contributed by atoms with E-state index in [1.807, 2.05) is 25.1 Å². The van der Waals surface area contributed by atoms with E-state index in [0.29, 0.717) is 36.5 Å². The van der Waals surface area contributed by atoms with E-state index in [1.165, 1.54) is 12.1 Å². The molecule has 5 heteroatoms. The quantitative estimate of drug-likeness (QED) is 0.578. The van der Waals surface area contributed by atoms with Crippen molar-refractivity contribution in [1.29, 1.82) is 0 Å². The third-order valence-electron chi connectivity index (χ3n) is 3.88. The summed E-state index contributed by atoms with van der Waals surface area (Å²) >= 11 is 0. The third-order valence-corrected chi connectivity index (χ3v) is 3.88. The summed E-state index contributed by atoms with van der Waals surface area (Å²) in [5.74, 6) is 0.760. The average molecular weight is 346 g/mol. The normalized spacial score (nSPS) is 10.6. The molecule has 0 aliphatic carbocycles. The lowest BCUT2D eigenvalue weighted by Gasteiger charge is -2.12. The van der Waals surface area contributed by atoms with Crippen LogP contribution in [0.2, 0.25) is 0 Å². The minimum atomic E-state index is -0.368. The molecule has 25 heavy (non-hydrogen) atoms. The van der Waals surface area contributed by atoms with Crippen LogP contribution in [0.15, 0.2) is 36.4 Å². The molecule has 2 rings (SSSR count). The number of carbonyl (C=O) groups excluding carboxylic acids is 1.